The molecule has 0 aliphatic rings. The van der Waals surface area contributed by atoms with Gasteiger partial charge in [-0.1, -0.05) is 90.0 Å². The highest BCUT2D eigenvalue weighted by Gasteiger charge is 2.57. The normalized spacial score (nSPS) is 13.6. The van der Waals surface area contributed by atoms with Gasteiger partial charge in [-0.3, -0.25) is 9.13 Å². The molecule has 0 amide bonds. The molecular weight excluding hydrogens is 390 g/mol. The summed E-state index contributed by atoms with van der Waals surface area (Å²) in [4.78, 5) is 36.0. The Hall–Kier alpha value is -0.0000000000000000416. The molecule has 0 bridgehead atoms. The van der Waals surface area contributed by atoms with Crippen molar-refractivity contribution >= 4 is 15.2 Å². The van der Waals surface area contributed by atoms with Crippen molar-refractivity contribution in [1.82, 2.24) is 0 Å². The van der Waals surface area contributed by atoms with E-state index in [0.717, 1.165) is 25.7 Å². The molecule has 0 spiro atoms. The summed E-state index contributed by atoms with van der Waals surface area (Å²) in [6.45, 7) is 2.22. The van der Waals surface area contributed by atoms with Crippen molar-refractivity contribution in [2.24, 2.45) is 0 Å². The highest BCUT2D eigenvalue weighted by molar-refractivity contribution is 7.72. The first-order valence-corrected chi connectivity index (χ1v) is 13.3. The van der Waals surface area contributed by atoms with Gasteiger partial charge in [0.15, 0.2) is 0 Å². The number of rotatable bonds is 17. The lowest BCUT2D eigenvalue weighted by Gasteiger charge is -2.25. The summed E-state index contributed by atoms with van der Waals surface area (Å²) in [6.07, 6.45) is 17.8. The Morgan fingerprint density at radius 3 is 1.33 bits per heavy atom. The van der Waals surface area contributed by atoms with Crippen LogP contribution in [0.1, 0.15) is 96.8 Å². The molecule has 0 saturated carbocycles. The largest absolute Gasteiger partial charge is 0.373 e. The van der Waals surface area contributed by atoms with E-state index in [4.69, 9.17) is 19.6 Å². The van der Waals surface area contributed by atoms with Gasteiger partial charge < -0.3 is 24.7 Å². The molecule has 0 aromatic carbocycles. The van der Waals surface area contributed by atoms with Crippen molar-refractivity contribution in [3.63, 3.8) is 0 Å². The third-order valence-corrected chi connectivity index (χ3v) is 8.25. The molecule has 0 atom stereocenters. The quantitative estimate of drug-likeness (QED) is 0.125. The summed E-state index contributed by atoms with van der Waals surface area (Å²) >= 11 is 0. The molecule has 0 rings (SSSR count). The lowest BCUT2D eigenvalue weighted by atomic mass is 10.0. The first-order valence-electron chi connectivity index (χ1n) is 10.1. The van der Waals surface area contributed by atoms with Crippen LogP contribution in [0, 0.1) is 0 Å². The van der Waals surface area contributed by atoms with Gasteiger partial charge in [0.2, 0.25) is 0 Å². The lowest BCUT2D eigenvalue weighted by molar-refractivity contribution is 0.167. The number of hydrogen-bond donors (Lipinski definition) is 5. The molecule has 0 radical (unpaired) electrons. The summed E-state index contributed by atoms with van der Waals surface area (Å²) < 4.78 is 22.4. The molecule has 7 nitrogen and oxygen atoms in total. The maximum absolute atomic E-state index is 11.2. The topological polar surface area (TPSA) is 135 Å². The van der Waals surface area contributed by atoms with Crippen LogP contribution in [-0.2, 0) is 9.13 Å². The Morgan fingerprint density at radius 1 is 0.667 bits per heavy atom. The molecule has 162 valence electrons. The molecule has 0 aliphatic heterocycles. The third-order valence-electron chi connectivity index (χ3n) is 4.67. The Bertz CT molecular complexity index is 474. The Morgan fingerprint density at radius 2 is 1.00 bits per heavy atom. The van der Waals surface area contributed by atoms with Crippen molar-refractivity contribution in [2.75, 3.05) is 0 Å². The zero-order valence-electron chi connectivity index (χ0n) is 16.5. The van der Waals surface area contributed by atoms with Gasteiger partial charge in [-0.25, -0.2) is 0 Å². The minimum absolute atomic E-state index is 0.403. The molecule has 0 fully saturated rings. The Labute approximate surface area is 163 Å². The second-order valence-electron chi connectivity index (χ2n) is 7.21. The van der Waals surface area contributed by atoms with Crippen LogP contribution in [0.5, 0.6) is 0 Å². The fourth-order valence-corrected chi connectivity index (χ4v) is 4.84. The first-order chi connectivity index (χ1) is 12.6. The van der Waals surface area contributed by atoms with Crippen LogP contribution in [0.2, 0.25) is 0 Å². The molecule has 27 heavy (non-hydrogen) atoms. The number of unbranched alkanes of at least 4 members (excludes halogenated alkanes) is 13. The van der Waals surface area contributed by atoms with Gasteiger partial charge in [0.25, 0.3) is 5.08 Å². The minimum Gasteiger partial charge on any atom is -0.364 e. The fourth-order valence-electron chi connectivity index (χ4n) is 2.89. The van der Waals surface area contributed by atoms with E-state index in [1.165, 1.54) is 63.9 Å². The molecule has 0 saturated heterocycles. The average Bonchev–Trinajstić information content (AvgIpc) is 2.56. The predicted octanol–water partition coefficient (Wildman–Crippen LogP) is 5.03. The van der Waals surface area contributed by atoms with E-state index in [1.54, 1.807) is 0 Å². The molecule has 0 aliphatic carbocycles. The maximum atomic E-state index is 11.2. The molecule has 5 N–H and O–H groups in total. The van der Waals surface area contributed by atoms with Crippen molar-refractivity contribution < 1.29 is 33.8 Å². The molecule has 9 heteroatoms. The lowest BCUT2D eigenvalue weighted by Crippen LogP contribution is -2.25. The van der Waals surface area contributed by atoms with Gasteiger partial charge in [-0.2, -0.15) is 0 Å². The first kappa shape index (κ1) is 27.0. The second-order valence-corrected chi connectivity index (χ2v) is 11.1. The molecular formula is C18H38O7P2. The Balaban J connectivity index is 3.76. The highest BCUT2D eigenvalue weighted by atomic mass is 31.2. The van der Waals surface area contributed by atoms with Crippen LogP contribution < -0.4 is 0 Å². The van der Waals surface area contributed by atoms with Crippen LogP contribution in [-0.4, -0.2) is 29.8 Å². The fraction of sp³-hybridized carbons (Fsp3) is 0.889. The second kappa shape index (κ2) is 14.1. The van der Waals surface area contributed by atoms with Crippen molar-refractivity contribution in [1.29, 1.82) is 0 Å². The van der Waals surface area contributed by atoms with Gasteiger partial charge in [-0.15, -0.1) is 0 Å². The van der Waals surface area contributed by atoms with Gasteiger partial charge >= 0.3 is 15.2 Å². The smallest absolute Gasteiger partial charge is 0.364 e. The van der Waals surface area contributed by atoms with Gasteiger partial charge in [0.1, 0.15) is 0 Å². The summed E-state index contributed by atoms with van der Waals surface area (Å²) in [5, 5.41) is 6.24. The standard InChI is InChI=1S/C18H38O7P2/c1-2-3-4-5-6-7-8-9-10-11-12-13-14-15-16-17-18(19,26(20,21)22)27(23,24)25/h16-17,19H,2-15H2,1H3,(H2,20,21,22)(H2,23,24,25). The van der Waals surface area contributed by atoms with E-state index in [0.29, 0.717) is 12.5 Å². The van der Waals surface area contributed by atoms with Gasteiger partial charge in [0.05, 0.1) is 0 Å². The average molecular weight is 428 g/mol. The third kappa shape index (κ3) is 11.6. The summed E-state index contributed by atoms with van der Waals surface area (Å²) in [7, 11) is -10.8. The monoisotopic (exact) mass is 428 g/mol. The van der Waals surface area contributed by atoms with Gasteiger partial charge in [0, 0.05) is 0 Å². The van der Waals surface area contributed by atoms with E-state index in [-0.39, 0.29) is 0 Å². The number of allylic oxidation sites excluding steroid dienone is 1. The van der Waals surface area contributed by atoms with Crippen LogP contribution >= 0.6 is 15.2 Å². The van der Waals surface area contributed by atoms with E-state index in [2.05, 4.69) is 6.92 Å². The van der Waals surface area contributed by atoms with Crippen LogP contribution in [0.25, 0.3) is 0 Å². The Kier molecular flexibility index (Phi) is 14.1. The molecule has 0 aromatic heterocycles. The molecule has 0 heterocycles. The van der Waals surface area contributed by atoms with E-state index < -0.39 is 20.3 Å². The van der Waals surface area contributed by atoms with Crippen molar-refractivity contribution in [2.45, 2.75) is 102 Å². The molecule has 0 aromatic rings. The van der Waals surface area contributed by atoms with Crippen molar-refractivity contribution in [3.05, 3.63) is 12.2 Å². The summed E-state index contributed by atoms with van der Waals surface area (Å²) in [5.74, 6) is 0. The van der Waals surface area contributed by atoms with E-state index >= 15 is 0 Å². The minimum atomic E-state index is -5.39. The summed E-state index contributed by atoms with van der Waals surface area (Å²) in [6, 6.07) is 0. The number of aliphatic hydroxyl groups is 1. The SMILES string of the molecule is CCCCCCCCCCCCCCCC=CC(O)(P(=O)(O)O)P(=O)(O)O. The van der Waals surface area contributed by atoms with Crippen molar-refractivity contribution in [3.8, 4) is 0 Å². The van der Waals surface area contributed by atoms with E-state index in [9.17, 15) is 14.2 Å². The summed E-state index contributed by atoms with van der Waals surface area (Å²) in [5.41, 5.74) is 0. The van der Waals surface area contributed by atoms with Crippen LogP contribution in [0.3, 0.4) is 0 Å². The maximum Gasteiger partial charge on any atom is 0.373 e. The predicted molar refractivity (Wildman–Crippen MR) is 108 cm³/mol. The van der Waals surface area contributed by atoms with E-state index in [1.807, 2.05) is 0 Å². The van der Waals surface area contributed by atoms with Crippen LogP contribution in [0.15, 0.2) is 12.2 Å². The number of hydrogen-bond acceptors (Lipinski definition) is 3. The molecule has 0 unspecified atom stereocenters. The van der Waals surface area contributed by atoms with Gasteiger partial charge in [-0.05, 0) is 18.9 Å². The zero-order valence-corrected chi connectivity index (χ0v) is 18.3. The van der Waals surface area contributed by atoms with Crippen LogP contribution in [0.4, 0.5) is 0 Å². The zero-order chi connectivity index (χ0) is 20.8. The highest BCUT2D eigenvalue weighted by Crippen LogP contribution is 2.68.